The molecule has 2 N–H and O–H groups in total. The van der Waals surface area contributed by atoms with Gasteiger partial charge in [0.2, 0.25) is 0 Å². The quantitative estimate of drug-likeness (QED) is 0.898. The molecule has 1 aliphatic heterocycles. The van der Waals surface area contributed by atoms with Crippen LogP contribution >= 0.6 is 0 Å². The van der Waals surface area contributed by atoms with E-state index in [0.29, 0.717) is 5.56 Å². The van der Waals surface area contributed by atoms with Crippen molar-refractivity contribution < 1.29 is 9.53 Å². The Morgan fingerprint density at radius 1 is 1.36 bits per heavy atom. The summed E-state index contributed by atoms with van der Waals surface area (Å²) in [6, 6.07) is 7.82. The molecule has 22 heavy (non-hydrogen) atoms. The van der Waals surface area contributed by atoms with Crippen molar-refractivity contribution in [2.24, 2.45) is 0 Å². The third-order valence-electron chi connectivity index (χ3n) is 4.15. The maximum Gasteiger partial charge on any atom is 0.257 e. The zero-order valence-corrected chi connectivity index (χ0v) is 12.8. The molecule has 1 aromatic carbocycles. The Labute approximate surface area is 129 Å². The molecule has 0 spiro atoms. The highest BCUT2D eigenvalue weighted by Crippen LogP contribution is 2.25. The molecule has 2 aromatic rings. The first-order chi connectivity index (χ1) is 10.7. The summed E-state index contributed by atoms with van der Waals surface area (Å²) in [5, 5.41) is 10.3. The van der Waals surface area contributed by atoms with Crippen molar-refractivity contribution in [2.45, 2.75) is 12.5 Å². The van der Waals surface area contributed by atoms with Crippen LogP contribution in [0.5, 0.6) is 5.75 Å². The Morgan fingerprint density at radius 2 is 2.14 bits per heavy atom. The fourth-order valence-electron chi connectivity index (χ4n) is 2.75. The SMILES string of the molecule is COc1ccc(-c2[nH]ncc2C(=O)N(C)[C@@H]2CCNC2)cc1. The summed E-state index contributed by atoms with van der Waals surface area (Å²) in [6.07, 6.45) is 2.58. The Kier molecular flexibility index (Phi) is 4.11. The topological polar surface area (TPSA) is 70.2 Å². The molecule has 3 rings (SSSR count). The number of methoxy groups -OCH3 is 1. The van der Waals surface area contributed by atoms with Gasteiger partial charge < -0.3 is 15.0 Å². The number of carbonyl (C=O) groups excluding carboxylic acids is 1. The Hall–Kier alpha value is -2.34. The summed E-state index contributed by atoms with van der Waals surface area (Å²) in [7, 11) is 3.48. The summed E-state index contributed by atoms with van der Waals surface area (Å²) >= 11 is 0. The lowest BCUT2D eigenvalue weighted by molar-refractivity contribution is 0.0744. The van der Waals surface area contributed by atoms with Crippen LogP contribution in [-0.2, 0) is 0 Å². The van der Waals surface area contributed by atoms with Crippen LogP contribution in [0.1, 0.15) is 16.8 Å². The number of ether oxygens (including phenoxy) is 1. The predicted molar refractivity (Wildman–Crippen MR) is 83.9 cm³/mol. The van der Waals surface area contributed by atoms with Gasteiger partial charge in [0.25, 0.3) is 5.91 Å². The van der Waals surface area contributed by atoms with Crippen LogP contribution in [0.4, 0.5) is 0 Å². The molecule has 1 aromatic heterocycles. The number of likely N-dealkylation sites (N-methyl/N-ethyl adjacent to an activating group) is 1. The van der Waals surface area contributed by atoms with Crippen LogP contribution in [0.2, 0.25) is 0 Å². The van der Waals surface area contributed by atoms with Gasteiger partial charge in [0, 0.05) is 25.2 Å². The van der Waals surface area contributed by atoms with Crippen LogP contribution in [0.25, 0.3) is 11.3 Å². The van der Waals surface area contributed by atoms with E-state index in [1.165, 1.54) is 0 Å². The van der Waals surface area contributed by atoms with Crippen LogP contribution in [0, 0.1) is 0 Å². The van der Waals surface area contributed by atoms with Gasteiger partial charge in [-0.15, -0.1) is 0 Å². The summed E-state index contributed by atoms with van der Waals surface area (Å²) in [6.45, 7) is 1.80. The van der Waals surface area contributed by atoms with Crippen molar-refractivity contribution in [1.29, 1.82) is 0 Å². The van der Waals surface area contributed by atoms with Gasteiger partial charge >= 0.3 is 0 Å². The number of aromatic nitrogens is 2. The van der Waals surface area contributed by atoms with E-state index in [9.17, 15) is 4.79 Å². The monoisotopic (exact) mass is 300 g/mol. The number of amides is 1. The first-order valence-corrected chi connectivity index (χ1v) is 7.36. The number of aromatic amines is 1. The number of carbonyl (C=O) groups is 1. The van der Waals surface area contributed by atoms with Gasteiger partial charge in [-0.2, -0.15) is 5.10 Å². The van der Waals surface area contributed by atoms with E-state index in [2.05, 4.69) is 15.5 Å². The molecule has 0 bridgehead atoms. The van der Waals surface area contributed by atoms with Crippen LogP contribution in [-0.4, -0.2) is 54.3 Å². The van der Waals surface area contributed by atoms with Gasteiger partial charge in [-0.3, -0.25) is 9.89 Å². The summed E-state index contributed by atoms with van der Waals surface area (Å²) in [5.74, 6) is 0.776. The van der Waals surface area contributed by atoms with E-state index in [4.69, 9.17) is 4.74 Å². The molecule has 6 nitrogen and oxygen atoms in total. The number of nitrogens with zero attached hydrogens (tertiary/aromatic N) is 2. The summed E-state index contributed by atoms with van der Waals surface area (Å²) < 4.78 is 5.16. The van der Waals surface area contributed by atoms with Crippen LogP contribution < -0.4 is 10.1 Å². The number of nitrogens with one attached hydrogen (secondary N) is 2. The first kappa shape index (κ1) is 14.6. The highest BCUT2D eigenvalue weighted by Gasteiger charge is 2.26. The number of hydrogen-bond acceptors (Lipinski definition) is 4. The van der Waals surface area contributed by atoms with Crippen molar-refractivity contribution in [1.82, 2.24) is 20.4 Å². The van der Waals surface area contributed by atoms with Crippen molar-refractivity contribution >= 4 is 5.91 Å². The average molecular weight is 300 g/mol. The van der Waals surface area contributed by atoms with Crippen molar-refractivity contribution in [3.05, 3.63) is 36.0 Å². The third kappa shape index (κ3) is 2.69. The molecule has 1 saturated heterocycles. The van der Waals surface area contributed by atoms with E-state index in [0.717, 1.165) is 36.5 Å². The molecule has 1 fully saturated rings. The number of hydrogen-bond donors (Lipinski definition) is 2. The van der Waals surface area contributed by atoms with E-state index >= 15 is 0 Å². The van der Waals surface area contributed by atoms with Crippen molar-refractivity contribution in [3.8, 4) is 17.0 Å². The minimum absolute atomic E-state index is 0.00623. The van der Waals surface area contributed by atoms with Gasteiger partial charge in [-0.05, 0) is 37.2 Å². The van der Waals surface area contributed by atoms with Crippen LogP contribution in [0.15, 0.2) is 30.5 Å². The molecule has 1 atom stereocenters. The maximum atomic E-state index is 12.7. The highest BCUT2D eigenvalue weighted by atomic mass is 16.5. The first-order valence-electron chi connectivity index (χ1n) is 7.36. The highest BCUT2D eigenvalue weighted by molar-refractivity contribution is 5.99. The van der Waals surface area contributed by atoms with Crippen molar-refractivity contribution in [2.75, 3.05) is 27.2 Å². The molecule has 116 valence electrons. The normalized spacial score (nSPS) is 17.5. The lowest BCUT2D eigenvalue weighted by Crippen LogP contribution is -2.38. The second kappa shape index (κ2) is 6.19. The Balaban J connectivity index is 1.85. The Morgan fingerprint density at radius 3 is 2.77 bits per heavy atom. The molecule has 0 saturated carbocycles. The maximum absolute atomic E-state index is 12.7. The molecule has 6 heteroatoms. The lowest BCUT2D eigenvalue weighted by Gasteiger charge is -2.23. The second-order valence-electron chi connectivity index (χ2n) is 5.45. The fraction of sp³-hybridized carbons (Fsp3) is 0.375. The summed E-state index contributed by atoms with van der Waals surface area (Å²) in [5.41, 5.74) is 2.25. The summed E-state index contributed by atoms with van der Waals surface area (Å²) in [4.78, 5) is 14.5. The van der Waals surface area contributed by atoms with E-state index in [1.54, 1.807) is 18.2 Å². The predicted octanol–water partition coefficient (Wildman–Crippen LogP) is 1.52. The minimum Gasteiger partial charge on any atom is -0.497 e. The van der Waals surface area contributed by atoms with Gasteiger partial charge in [-0.1, -0.05) is 0 Å². The second-order valence-corrected chi connectivity index (χ2v) is 5.45. The number of rotatable bonds is 4. The molecule has 0 radical (unpaired) electrons. The zero-order chi connectivity index (χ0) is 15.5. The van der Waals surface area contributed by atoms with Gasteiger partial charge in [-0.25, -0.2) is 0 Å². The molecular weight excluding hydrogens is 280 g/mol. The molecule has 2 heterocycles. The van der Waals surface area contributed by atoms with Gasteiger partial charge in [0.1, 0.15) is 5.75 Å². The molecule has 1 aliphatic rings. The molecule has 0 unspecified atom stereocenters. The molecule has 1 amide bonds. The lowest BCUT2D eigenvalue weighted by atomic mass is 10.1. The van der Waals surface area contributed by atoms with E-state index in [1.807, 2.05) is 31.3 Å². The number of benzene rings is 1. The largest absolute Gasteiger partial charge is 0.497 e. The third-order valence-corrected chi connectivity index (χ3v) is 4.15. The van der Waals surface area contributed by atoms with Crippen molar-refractivity contribution in [3.63, 3.8) is 0 Å². The fourth-order valence-corrected chi connectivity index (χ4v) is 2.75. The zero-order valence-electron chi connectivity index (χ0n) is 12.8. The van der Waals surface area contributed by atoms with E-state index < -0.39 is 0 Å². The molecule has 0 aliphatic carbocycles. The van der Waals surface area contributed by atoms with E-state index in [-0.39, 0.29) is 11.9 Å². The Bertz CT molecular complexity index is 644. The molecular formula is C16H20N4O2. The minimum atomic E-state index is -0.00623. The van der Waals surface area contributed by atoms with Gasteiger partial charge in [0.15, 0.2) is 0 Å². The standard InChI is InChI=1S/C16H20N4O2/c1-20(12-7-8-17-9-12)16(21)14-10-18-19-15(14)11-3-5-13(22-2)6-4-11/h3-6,10,12,17H,7-9H2,1-2H3,(H,18,19)/t12-/m1/s1. The van der Waals surface area contributed by atoms with Gasteiger partial charge in [0.05, 0.1) is 24.6 Å². The number of H-pyrrole nitrogens is 1. The van der Waals surface area contributed by atoms with Crippen LogP contribution in [0.3, 0.4) is 0 Å². The smallest absolute Gasteiger partial charge is 0.257 e. The average Bonchev–Trinajstić information content (AvgIpc) is 3.24.